The molecule has 0 aromatic heterocycles. The van der Waals surface area contributed by atoms with Crippen molar-refractivity contribution in [2.75, 3.05) is 32.8 Å². The zero-order valence-corrected chi connectivity index (χ0v) is 11.3. The molecule has 1 saturated heterocycles. The van der Waals surface area contributed by atoms with Crippen LogP contribution >= 0.6 is 0 Å². The van der Waals surface area contributed by atoms with Crippen molar-refractivity contribution in [2.45, 2.75) is 39.7 Å². The number of aliphatic hydroxyl groups is 1. The molecule has 3 atom stereocenters. The lowest BCUT2D eigenvalue weighted by Gasteiger charge is -2.40. The number of nitrogens with one attached hydrogen (secondary N) is 1. The summed E-state index contributed by atoms with van der Waals surface area (Å²) in [4.78, 5) is 2.50. The molecule has 3 nitrogen and oxygen atoms in total. The maximum absolute atomic E-state index is 9.49. The molecule has 0 radical (unpaired) electrons. The van der Waals surface area contributed by atoms with Crippen LogP contribution in [0.5, 0.6) is 0 Å². The molecule has 16 heavy (non-hydrogen) atoms. The molecule has 0 aliphatic carbocycles. The van der Waals surface area contributed by atoms with E-state index in [0.29, 0.717) is 0 Å². The number of likely N-dealkylation sites (N-methyl/N-ethyl adjacent to an activating group) is 1. The van der Waals surface area contributed by atoms with Crippen LogP contribution in [0.2, 0.25) is 0 Å². The lowest BCUT2D eigenvalue weighted by atomic mass is 9.90. The number of hydrogen-bond donors (Lipinski definition) is 2. The van der Waals surface area contributed by atoms with Crippen molar-refractivity contribution in [3.05, 3.63) is 0 Å². The van der Waals surface area contributed by atoms with E-state index in [1.165, 1.54) is 19.5 Å². The molecule has 96 valence electrons. The number of aliphatic hydroxyl groups excluding tert-OH is 1. The van der Waals surface area contributed by atoms with E-state index in [-0.39, 0.29) is 12.1 Å². The third-order valence-corrected chi connectivity index (χ3v) is 3.47. The first-order chi connectivity index (χ1) is 7.49. The molecule has 0 aromatic rings. The molecule has 0 saturated carbocycles. The average molecular weight is 228 g/mol. The molecule has 1 aliphatic heterocycles. The highest BCUT2D eigenvalue weighted by Crippen LogP contribution is 2.22. The van der Waals surface area contributed by atoms with Crippen molar-refractivity contribution in [1.29, 1.82) is 0 Å². The Kier molecular flexibility index (Phi) is 5.22. The van der Waals surface area contributed by atoms with E-state index in [1.807, 2.05) is 0 Å². The molecule has 0 amide bonds. The lowest BCUT2D eigenvalue weighted by molar-refractivity contribution is 0.0772. The molecule has 0 bridgehead atoms. The smallest absolute Gasteiger partial charge is 0.0623 e. The van der Waals surface area contributed by atoms with E-state index < -0.39 is 0 Å². The largest absolute Gasteiger partial charge is 0.394 e. The molecule has 1 aliphatic rings. The third-order valence-electron chi connectivity index (χ3n) is 3.47. The van der Waals surface area contributed by atoms with Gasteiger partial charge in [0.15, 0.2) is 0 Å². The molecule has 0 spiro atoms. The minimum absolute atomic E-state index is 0.147. The summed E-state index contributed by atoms with van der Waals surface area (Å²) < 4.78 is 0. The van der Waals surface area contributed by atoms with E-state index in [2.05, 4.69) is 37.9 Å². The van der Waals surface area contributed by atoms with Crippen LogP contribution in [-0.2, 0) is 0 Å². The van der Waals surface area contributed by atoms with Gasteiger partial charge in [-0.2, -0.15) is 0 Å². The van der Waals surface area contributed by atoms with Crippen molar-refractivity contribution in [3.63, 3.8) is 0 Å². The van der Waals surface area contributed by atoms with Gasteiger partial charge in [-0.25, -0.2) is 0 Å². The maximum Gasteiger partial charge on any atom is 0.0623 e. The Morgan fingerprint density at radius 1 is 1.31 bits per heavy atom. The van der Waals surface area contributed by atoms with Crippen LogP contribution in [0.1, 0.15) is 34.1 Å². The summed E-state index contributed by atoms with van der Waals surface area (Å²) in [5.41, 5.74) is -0.147. The zero-order valence-electron chi connectivity index (χ0n) is 11.3. The lowest BCUT2D eigenvalue weighted by Crippen LogP contribution is -2.56. The summed E-state index contributed by atoms with van der Waals surface area (Å²) in [5, 5.41) is 12.9. The molecule has 3 unspecified atom stereocenters. The summed E-state index contributed by atoms with van der Waals surface area (Å²) in [6.45, 7) is 13.3. The Bertz CT molecular complexity index is 200. The number of likely N-dealkylation sites (tertiary alicyclic amines) is 1. The van der Waals surface area contributed by atoms with Gasteiger partial charge in [0.05, 0.1) is 12.1 Å². The fourth-order valence-corrected chi connectivity index (χ4v) is 3.00. The summed E-state index contributed by atoms with van der Waals surface area (Å²) in [6.07, 6.45) is 1.34. The van der Waals surface area contributed by atoms with Crippen molar-refractivity contribution >= 4 is 0 Å². The van der Waals surface area contributed by atoms with Gasteiger partial charge in [-0.05, 0) is 31.7 Å². The normalized spacial score (nSPS) is 31.3. The Balaban J connectivity index is 2.50. The molecule has 1 fully saturated rings. The highest BCUT2D eigenvalue weighted by atomic mass is 16.3. The van der Waals surface area contributed by atoms with Gasteiger partial charge in [0.2, 0.25) is 0 Å². The highest BCUT2D eigenvalue weighted by Gasteiger charge is 2.29. The maximum atomic E-state index is 9.49. The van der Waals surface area contributed by atoms with Gasteiger partial charge in [-0.1, -0.05) is 20.8 Å². The van der Waals surface area contributed by atoms with Crippen LogP contribution in [0.25, 0.3) is 0 Å². The Hall–Kier alpha value is -0.120. The van der Waals surface area contributed by atoms with Crippen molar-refractivity contribution in [3.8, 4) is 0 Å². The van der Waals surface area contributed by atoms with Crippen molar-refractivity contribution in [1.82, 2.24) is 10.2 Å². The molecular weight excluding hydrogens is 200 g/mol. The fraction of sp³-hybridized carbons (Fsp3) is 1.00. The predicted octanol–water partition coefficient (Wildman–Crippen LogP) is 1.32. The number of nitrogens with zero attached hydrogens (tertiary/aromatic N) is 1. The van der Waals surface area contributed by atoms with Crippen LogP contribution in [0.15, 0.2) is 0 Å². The van der Waals surface area contributed by atoms with E-state index in [4.69, 9.17) is 0 Å². The van der Waals surface area contributed by atoms with Crippen LogP contribution < -0.4 is 5.32 Å². The Morgan fingerprint density at radius 2 is 1.88 bits per heavy atom. The first-order valence-electron chi connectivity index (χ1n) is 6.57. The van der Waals surface area contributed by atoms with Gasteiger partial charge in [0.1, 0.15) is 0 Å². The predicted molar refractivity (Wildman–Crippen MR) is 68.6 cm³/mol. The summed E-state index contributed by atoms with van der Waals surface area (Å²) in [7, 11) is 0. The summed E-state index contributed by atoms with van der Waals surface area (Å²) in [5.74, 6) is 1.57. The topological polar surface area (TPSA) is 35.5 Å². The quantitative estimate of drug-likeness (QED) is 0.745. The number of rotatable bonds is 5. The minimum Gasteiger partial charge on any atom is -0.394 e. The van der Waals surface area contributed by atoms with Crippen LogP contribution in [0.3, 0.4) is 0 Å². The van der Waals surface area contributed by atoms with Gasteiger partial charge in [0, 0.05) is 19.6 Å². The van der Waals surface area contributed by atoms with Gasteiger partial charge >= 0.3 is 0 Å². The Labute approximate surface area is 100 Å². The van der Waals surface area contributed by atoms with Gasteiger partial charge in [0.25, 0.3) is 0 Å². The molecule has 0 aromatic carbocycles. The second-order valence-corrected chi connectivity index (χ2v) is 5.89. The van der Waals surface area contributed by atoms with Gasteiger partial charge < -0.3 is 15.3 Å². The van der Waals surface area contributed by atoms with Crippen molar-refractivity contribution < 1.29 is 5.11 Å². The number of hydrogen-bond acceptors (Lipinski definition) is 3. The molecule has 1 rings (SSSR count). The number of piperidine rings is 1. The summed E-state index contributed by atoms with van der Waals surface area (Å²) in [6, 6.07) is 0. The van der Waals surface area contributed by atoms with E-state index in [9.17, 15) is 5.11 Å². The molecule has 2 N–H and O–H groups in total. The second-order valence-electron chi connectivity index (χ2n) is 5.89. The average Bonchev–Trinajstić information content (AvgIpc) is 2.16. The van der Waals surface area contributed by atoms with Crippen LogP contribution in [0, 0.1) is 11.8 Å². The van der Waals surface area contributed by atoms with Crippen molar-refractivity contribution in [2.24, 2.45) is 11.8 Å². The van der Waals surface area contributed by atoms with E-state index in [1.54, 1.807) is 0 Å². The fourth-order valence-electron chi connectivity index (χ4n) is 3.00. The first-order valence-corrected chi connectivity index (χ1v) is 6.57. The SMILES string of the molecule is CCNC(C)(CO)CN1CC(C)CC(C)C1. The minimum atomic E-state index is -0.147. The monoisotopic (exact) mass is 228 g/mol. The Morgan fingerprint density at radius 3 is 2.31 bits per heavy atom. The van der Waals surface area contributed by atoms with E-state index >= 15 is 0 Å². The highest BCUT2D eigenvalue weighted by molar-refractivity contribution is 4.88. The second kappa shape index (κ2) is 5.99. The van der Waals surface area contributed by atoms with Gasteiger partial charge in [-0.15, -0.1) is 0 Å². The summed E-state index contributed by atoms with van der Waals surface area (Å²) >= 11 is 0. The van der Waals surface area contributed by atoms with Gasteiger partial charge in [-0.3, -0.25) is 0 Å². The standard InChI is InChI=1S/C13H28N2O/c1-5-14-13(4,10-16)9-15-7-11(2)6-12(3)8-15/h11-12,14,16H,5-10H2,1-4H3. The molecule has 3 heteroatoms. The van der Waals surface area contributed by atoms with Crippen LogP contribution in [-0.4, -0.2) is 48.3 Å². The third kappa shape index (κ3) is 4.04. The van der Waals surface area contributed by atoms with Crippen LogP contribution in [0.4, 0.5) is 0 Å². The van der Waals surface area contributed by atoms with E-state index in [0.717, 1.165) is 24.9 Å². The first kappa shape index (κ1) is 13.9. The zero-order chi connectivity index (χ0) is 12.2. The molecular formula is C13H28N2O. The molecule has 1 heterocycles.